The number of unbranched alkanes of at least 4 members (excludes halogenated alkanes) is 6. The maximum absolute atomic E-state index is 11.0. The summed E-state index contributed by atoms with van der Waals surface area (Å²) in [5, 5.41) is 2.28. The first kappa shape index (κ1) is 44.1. The summed E-state index contributed by atoms with van der Waals surface area (Å²) < 4.78 is 10.9. The molecule has 0 aliphatic carbocycles. The first-order valence-corrected chi connectivity index (χ1v) is 14.4. The molecule has 3 aromatic rings. The fourth-order valence-electron chi connectivity index (χ4n) is 3.67. The van der Waals surface area contributed by atoms with E-state index in [-0.39, 0.29) is 68.2 Å². The molecule has 0 N–H and O–H groups in total. The minimum atomic E-state index is -0.357. The Balaban J connectivity index is 0. The normalized spacial score (nSPS) is 9.18. The van der Waals surface area contributed by atoms with E-state index in [1.807, 2.05) is 19.1 Å². The number of carbonyl (C=O) groups excluding carboxylic acids is 2. The molecular formula is C38H44O4U2. The number of esters is 1. The molecular weight excluding hydrogens is 996 g/mol. The molecule has 0 aliphatic heterocycles. The van der Waals surface area contributed by atoms with Crippen molar-refractivity contribution in [2.75, 3.05) is 13.2 Å². The average molecular weight is 1040 g/mol. The fraction of sp³-hybridized carbons (Fsp3) is 0.316. The van der Waals surface area contributed by atoms with Gasteiger partial charge in [-0.1, -0.05) is 62.8 Å². The molecule has 0 aliphatic rings. The average Bonchev–Trinajstić information content (AvgIpc) is 3.01. The van der Waals surface area contributed by atoms with Crippen LogP contribution < -0.4 is 4.74 Å². The Hall–Kier alpha value is -2.00. The second-order valence-electron chi connectivity index (χ2n) is 9.56. The van der Waals surface area contributed by atoms with Gasteiger partial charge >= 0.3 is 68.2 Å². The van der Waals surface area contributed by atoms with Gasteiger partial charge in [-0.2, -0.15) is 36.6 Å². The van der Waals surface area contributed by atoms with Crippen molar-refractivity contribution in [3.63, 3.8) is 0 Å². The van der Waals surface area contributed by atoms with E-state index in [4.69, 9.17) is 14.3 Å². The van der Waals surface area contributed by atoms with E-state index in [1.54, 1.807) is 0 Å². The Morgan fingerprint density at radius 3 is 2.11 bits per heavy atom. The monoisotopic (exact) mass is 1040 g/mol. The van der Waals surface area contributed by atoms with Crippen LogP contribution in [0.1, 0.15) is 73.6 Å². The molecule has 4 nitrogen and oxygen atoms in total. The Bertz CT molecular complexity index is 1310. The van der Waals surface area contributed by atoms with Crippen LogP contribution in [0.4, 0.5) is 0 Å². The number of hydrogen-bond donors (Lipinski definition) is 0. The summed E-state index contributed by atoms with van der Waals surface area (Å²) in [4.78, 5) is 19.9. The number of ether oxygens (including phenoxy) is 2. The van der Waals surface area contributed by atoms with Crippen molar-refractivity contribution in [2.24, 2.45) is 0 Å². The Kier molecular flexibility index (Phi) is 28.6. The molecule has 6 heteroatoms. The molecule has 0 spiro atoms. The maximum Gasteiger partial charge on any atom is 2.00 e. The smallest absolute Gasteiger partial charge is 0.494 e. The molecule has 44 heavy (non-hydrogen) atoms. The van der Waals surface area contributed by atoms with Crippen LogP contribution in [-0.2, 0) is 14.3 Å². The van der Waals surface area contributed by atoms with Crippen LogP contribution in [0.25, 0.3) is 10.8 Å². The summed E-state index contributed by atoms with van der Waals surface area (Å²) in [6.45, 7) is 19.0. The van der Waals surface area contributed by atoms with Crippen LogP contribution in [0.3, 0.4) is 0 Å². The molecule has 0 unspecified atom stereocenters. The van der Waals surface area contributed by atoms with Gasteiger partial charge in [0.2, 0.25) is 0 Å². The SMILES string of the molecule is C=CC(=O)OCCCCCCOc1ccc2cc(C#Cc3cc(C)[c-]cc3C)ccc2c1.C=C[C-]=O.[CH2-]CCCC[CH2-].[U+2].[U+2]. The summed E-state index contributed by atoms with van der Waals surface area (Å²) in [7, 11) is 0. The summed E-state index contributed by atoms with van der Waals surface area (Å²) in [6.07, 6.45) is 12.2. The van der Waals surface area contributed by atoms with E-state index < -0.39 is 0 Å². The number of rotatable bonds is 13. The van der Waals surface area contributed by atoms with Gasteiger partial charge in [-0.15, -0.1) is 5.56 Å². The molecule has 228 valence electrons. The van der Waals surface area contributed by atoms with Crippen LogP contribution in [0.5, 0.6) is 5.75 Å². The van der Waals surface area contributed by atoms with E-state index in [0.29, 0.717) is 13.2 Å². The van der Waals surface area contributed by atoms with Crippen molar-refractivity contribution in [1.29, 1.82) is 0 Å². The van der Waals surface area contributed by atoms with Crippen molar-refractivity contribution < 1.29 is 81.3 Å². The van der Waals surface area contributed by atoms with Gasteiger partial charge < -0.3 is 28.1 Å². The second-order valence-corrected chi connectivity index (χ2v) is 9.56. The van der Waals surface area contributed by atoms with Gasteiger partial charge in [0.1, 0.15) is 5.75 Å². The number of carbonyl (C=O) groups is 1. The zero-order valence-electron chi connectivity index (χ0n) is 26.3. The van der Waals surface area contributed by atoms with Crippen LogP contribution >= 0.6 is 0 Å². The van der Waals surface area contributed by atoms with Crippen molar-refractivity contribution in [3.8, 4) is 17.6 Å². The van der Waals surface area contributed by atoms with Gasteiger partial charge in [-0.3, -0.25) is 0 Å². The topological polar surface area (TPSA) is 52.6 Å². The van der Waals surface area contributed by atoms with Gasteiger partial charge in [-0.05, 0) is 67.0 Å². The minimum Gasteiger partial charge on any atom is -0.494 e. The summed E-state index contributed by atoms with van der Waals surface area (Å²) in [5.74, 6) is 7.08. The first-order valence-electron chi connectivity index (χ1n) is 14.4. The van der Waals surface area contributed by atoms with E-state index in [9.17, 15) is 4.79 Å². The Morgan fingerprint density at radius 1 is 0.886 bits per heavy atom. The van der Waals surface area contributed by atoms with Gasteiger partial charge in [-0.25, -0.2) is 17.4 Å². The first-order chi connectivity index (χ1) is 20.4. The number of aryl methyl sites for hydroxylation is 2. The van der Waals surface area contributed by atoms with E-state index in [2.05, 4.69) is 88.2 Å². The predicted molar refractivity (Wildman–Crippen MR) is 175 cm³/mol. The molecule has 0 amide bonds. The van der Waals surface area contributed by atoms with Gasteiger partial charge in [0.05, 0.1) is 13.2 Å². The van der Waals surface area contributed by atoms with E-state index in [1.165, 1.54) is 25.2 Å². The summed E-state index contributed by atoms with van der Waals surface area (Å²) in [5.41, 5.74) is 4.28. The van der Waals surface area contributed by atoms with Gasteiger partial charge in [0, 0.05) is 11.6 Å². The van der Waals surface area contributed by atoms with E-state index in [0.717, 1.165) is 83.4 Å². The quantitative estimate of drug-likeness (QED) is 0.0566. The van der Waals surface area contributed by atoms with Crippen molar-refractivity contribution >= 4 is 23.0 Å². The van der Waals surface area contributed by atoms with Crippen molar-refractivity contribution in [2.45, 2.75) is 65.2 Å². The van der Waals surface area contributed by atoms with Crippen LogP contribution in [-0.4, -0.2) is 25.5 Å². The Morgan fingerprint density at radius 2 is 1.50 bits per heavy atom. The molecule has 0 heterocycles. The standard InChI is InChI=1S/C29H29O3.C6H12.C3H3O.2U/c1-4-29(30)32-18-8-6-5-7-17-31-28-16-15-26-20-24(12-14-27(26)21-28)11-13-25-19-22(2)9-10-23(25)3;1-3-5-6-4-2;1-2-3-4;;/h4,10,12,14-16,19-21H,1,5-8,17-18H2,2-3H3;1-6H2;2H,1H2;;/q-1;-2;-1;2*+2. The molecule has 0 bridgehead atoms. The molecule has 0 fully saturated rings. The summed E-state index contributed by atoms with van der Waals surface area (Å²) >= 11 is 0. The predicted octanol–water partition coefficient (Wildman–Crippen LogP) is 8.82. The third-order valence-electron chi connectivity index (χ3n) is 6.01. The third-order valence-corrected chi connectivity index (χ3v) is 6.01. The van der Waals surface area contributed by atoms with Crippen LogP contribution in [0.15, 0.2) is 73.8 Å². The molecule has 3 rings (SSSR count). The van der Waals surface area contributed by atoms with Crippen molar-refractivity contribution in [1.82, 2.24) is 0 Å². The minimum absolute atomic E-state index is 0. The number of hydrogen-bond acceptors (Lipinski definition) is 4. The molecule has 0 atom stereocenters. The molecule has 0 aromatic heterocycles. The largest absolute Gasteiger partial charge is 2.00 e. The number of allylic oxidation sites excluding steroid dienone is 1. The number of fused-ring (bicyclic) bond motifs is 1. The van der Waals surface area contributed by atoms with Gasteiger partial charge in [0.15, 0.2) is 0 Å². The molecule has 0 saturated heterocycles. The molecule has 0 radical (unpaired) electrons. The second kappa shape index (κ2) is 28.5. The number of benzene rings is 3. The zero-order chi connectivity index (χ0) is 31.0. The van der Waals surface area contributed by atoms with Crippen LogP contribution in [0, 0.1) is 108 Å². The molecule has 3 aromatic carbocycles. The zero-order valence-corrected chi connectivity index (χ0v) is 34.6. The fourth-order valence-corrected chi connectivity index (χ4v) is 3.67. The van der Waals surface area contributed by atoms with E-state index >= 15 is 0 Å². The van der Waals surface area contributed by atoms with Gasteiger partial charge in [0.25, 0.3) is 0 Å². The molecule has 0 saturated carbocycles. The maximum atomic E-state index is 11.0. The van der Waals surface area contributed by atoms with Crippen molar-refractivity contribution in [3.05, 3.63) is 116 Å². The Labute approximate surface area is 313 Å². The van der Waals surface area contributed by atoms with Crippen LogP contribution in [0.2, 0.25) is 0 Å². The summed E-state index contributed by atoms with van der Waals surface area (Å²) in [6, 6.07) is 19.7. The third kappa shape index (κ3) is 20.1.